The molecule has 1 heterocycles. The molecule has 1 aromatic rings. The van der Waals surface area contributed by atoms with E-state index in [1.165, 1.54) is 5.56 Å². The summed E-state index contributed by atoms with van der Waals surface area (Å²) in [7, 11) is 0. The molecule has 0 aliphatic carbocycles. The molecule has 2 rings (SSSR count). The Kier molecular flexibility index (Phi) is 4.77. The number of likely N-dealkylation sites (tertiary alicyclic amines) is 1. The van der Waals surface area contributed by atoms with E-state index in [-0.39, 0.29) is 18.6 Å². The first-order valence-electron chi connectivity index (χ1n) is 6.47. The minimum Gasteiger partial charge on any atom is -0.394 e. The number of carbonyl (C=O) groups is 1. The molecule has 1 amide bonds. The number of benzene rings is 1. The Morgan fingerprint density at radius 3 is 3.05 bits per heavy atom. The number of rotatable bonds is 3. The first-order valence-corrected chi connectivity index (χ1v) is 7.27. The molecule has 1 aliphatic heterocycles. The monoisotopic (exact) mass is 323 g/mol. The van der Waals surface area contributed by atoms with Crippen LogP contribution in [0.4, 0.5) is 0 Å². The van der Waals surface area contributed by atoms with Gasteiger partial charge in [-0.25, -0.2) is 0 Å². The van der Waals surface area contributed by atoms with Gasteiger partial charge in [-0.05, 0) is 43.0 Å². The third-order valence-corrected chi connectivity index (χ3v) is 4.12. The molecule has 1 unspecified atom stereocenters. The maximum atomic E-state index is 12.1. The Bertz CT molecular complexity index is 499. The van der Waals surface area contributed by atoms with Crippen LogP contribution in [0.3, 0.4) is 0 Å². The molecule has 0 spiro atoms. The minimum absolute atomic E-state index is 0.0152. The number of hydrogen-bond donors (Lipinski definition) is 1. The van der Waals surface area contributed by atoms with Crippen LogP contribution in [0.25, 0.3) is 6.08 Å². The smallest absolute Gasteiger partial charge is 0.246 e. The van der Waals surface area contributed by atoms with E-state index in [1.807, 2.05) is 31.2 Å². The molecule has 102 valence electrons. The summed E-state index contributed by atoms with van der Waals surface area (Å²) < 4.78 is 0.983. The van der Waals surface area contributed by atoms with Crippen molar-refractivity contribution in [1.29, 1.82) is 0 Å². The molecule has 1 N–H and O–H groups in total. The van der Waals surface area contributed by atoms with Crippen LogP contribution >= 0.6 is 15.9 Å². The van der Waals surface area contributed by atoms with Gasteiger partial charge in [-0.1, -0.05) is 28.1 Å². The van der Waals surface area contributed by atoms with Gasteiger partial charge in [0.2, 0.25) is 5.91 Å². The van der Waals surface area contributed by atoms with Crippen LogP contribution in [0.2, 0.25) is 0 Å². The maximum absolute atomic E-state index is 12.1. The van der Waals surface area contributed by atoms with Crippen molar-refractivity contribution in [3.05, 3.63) is 39.9 Å². The number of aliphatic hydroxyl groups excluding tert-OH is 1. The first kappa shape index (κ1) is 14.3. The van der Waals surface area contributed by atoms with Crippen LogP contribution in [0, 0.1) is 6.92 Å². The van der Waals surface area contributed by atoms with Gasteiger partial charge >= 0.3 is 0 Å². The molecule has 1 saturated heterocycles. The molecule has 1 fully saturated rings. The average molecular weight is 324 g/mol. The third-order valence-electron chi connectivity index (χ3n) is 3.43. The van der Waals surface area contributed by atoms with Crippen molar-refractivity contribution in [2.75, 3.05) is 13.2 Å². The summed E-state index contributed by atoms with van der Waals surface area (Å²) in [5, 5.41) is 9.22. The minimum atomic E-state index is -0.0241. The summed E-state index contributed by atoms with van der Waals surface area (Å²) >= 11 is 3.49. The molecule has 3 nitrogen and oxygen atoms in total. The van der Waals surface area contributed by atoms with E-state index in [0.29, 0.717) is 0 Å². The fourth-order valence-corrected chi connectivity index (χ4v) is 2.97. The normalized spacial score (nSPS) is 19.3. The van der Waals surface area contributed by atoms with Gasteiger partial charge in [0.1, 0.15) is 0 Å². The van der Waals surface area contributed by atoms with Gasteiger partial charge in [0.05, 0.1) is 12.6 Å². The lowest BCUT2D eigenvalue weighted by molar-refractivity contribution is -0.127. The predicted molar refractivity (Wildman–Crippen MR) is 79.7 cm³/mol. The number of hydrogen-bond acceptors (Lipinski definition) is 2. The second kappa shape index (κ2) is 6.35. The number of carbonyl (C=O) groups excluding carboxylic acids is 1. The largest absolute Gasteiger partial charge is 0.394 e. The molecule has 4 heteroatoms. The summed E-state index contributed by atoms with van der Waals surface area (Å²) in [5.74, 6) is -0.0241. The number of amides is 1. The van der Waals surface area contributed by atoms with Crippen LogP contribution in [0.15, 0.2) is 28.7 Å². The molecule has 1 aromatic carbocycles. The van der Waals surface area contributed by atoms with E-state index < -0.39 is 0 Å². The van der Waals surface area contributed by atoms with Gasteiger partial charge in [-0.15, -0.1) is 0 Å². The predicted octanol–water partition coefficient (Wildman–Crippen LogP) is 2.75. The molecule has 1 atom stereocenters. The van der Waals surface area contributed by atoms with Crippen molar-refractivity contribution in [1.82, 2.24) is 4.90 Å². The zero-order valence-corrected chi connectivity index (χ0v) is 12.6. The molecule has 0 radical (unpaired) electrons. The van der Waals surface area contributed by atoms with E-state index in [4.69, 9.17) is 0 Å². The van der Waals surface area contributed by atoms with Crippen molar-refractivity contribution < 1.29 is 9.90 Å². The van der Waals surface area contributed by atoms with Crippen LogP contribution < -0.4 is 0 Å². The van der Waals surface area contributed by atoms with E-state index in [9.17, 15) is 9.90 Å². The SMILES string of the molecule is Cc1ccc(/C=C/C(=O)N2CCCC2CO)c(Br)c1. The second-order valence-corrected chi connectivity index (χ2v) is 5.72. The van der Waals surface area contributed by atoms with E-state index in [0.717, 1.165) is 29.4 Å². The standard InChI is InChI=1S/C15H18BrNO2/c1-11-4-5-12(14(16)9-11)6-7-15(19)17-8-2-3-13(17)10-18/h4-7,9,13,18H,2-3,8,10H2,1H3/b7-6+. The summed E-state index contributed by atoms with van der Waals surface area (Å²) in [6.45, 7) is 2.82. The van der Waals surface area contributed by atoms with Crippen molar-refractivity contribution in [3.8, 4) is 0 Å². The Morgan fingerprint density at radius 2 is 2.37 bits per heavy atom. The van der Waals surface area contributed by atoms with Crippen molar-refractivity contribution in [3.63, 3.8) is 0 Å². The third kappa shape index (κ3) is 3.45. The fourth-order valence-electron chi connectivity index (χ4n) is 2.34. The Hall–Kier alpha value is -1.13. The van der Waals surface area contributed by atoms with Crippen LogP contribution in [-0.2, 0) is 4.79 Å². The lowest BCUT2D eigenvalue weighted by Crippen LogP contribution is -2.36. The molecule has 0 aromatic heterocycles. The highest BCUT2D eigenvalue weighted by Gasteiger charge is 2.26. The summed E-state index contributed by atoms with van der Waals surface area (Å²) in [6, 6.07) is 6.01. The maximum Gasteiger partial charge on any atom is 0.246 e. The summed E-state index contributed by atoms with van der Waals surface area (Å²) in [5.41, 5.74) is 2.16. The van der Waals surface area contributed by atoms with Gasteiger partial charge in [0.15, 0.2) is 0 Å². The lowest BCUT2D eigenvalue weighted by atomic mass is 10.1. The molecular formula is C15H18BrNO2. The Balaban J connectivity index is 2.07. The van der Waals surface area contributed by atoms with Gasteiger partial charge in [0, 0.05) is 17.1 Å². The van der Waals surface area contributed by atoms with Gasteiger partial charge in [0.25, 0.3) is 0 Å². The zero-order chi connectivity index (χ0) is 13.8. The number of aryl methyl sites for hydroxylation is 1. The Morgan fingerprint density at radius 1 is 1.58 bits per heavy atom. The van der Waals surface area contributed by atoms with Gasteiger partial charge in [-0.3, -0.25) is 4.79 Å². The van der Waals surface area contributed by atoms with Crippen LogP contribution in [-0.4, -0.2) is 35.1 Å². The van der Waals surface area contributed by atoms with Crippen LogP contribution in [0.5, 0.6) is 0 Å². The molecular weight excluding hydrogens is 306 g/mol. The van der Waals surface area contributed by atoms with Gasteiger partial charge in [-0.2, -0.15) is 0 Å². The molecule has 0 saturated carbocycles. The first-order chi connectivity index (χ1) is 9.11. The highest BCUT2D eigenvalue weighted by Crippen LogP contribution is 2.21. The second-order valence-electron chi connectivity index (χ2n) is 4.87. The fraction of sp³-hybridized carbons (Fsp3) is 0.400. The number of aliphatic hydroxyl groups is 1. The quantitative estimate of drug-likeness (QED) is 0.869. The van der Waals surface area contributed by atoms with E-state index in [1.54, 1.807) is 11.0 Å². The molecule has 19 heavy (non-hydrogen) atoms. The average Bonchev–Trinajstić information content (AvgIpc) is 2.85. The highest BCUT2D eigenvalue weighted by molar-refractivity contribution is 9.10. The Labute approximate surface area is 122 Å². The lowest BCUT2D eigenvalue weighted by Gasteiger charge is -2.21. The molecule has 1 aliphatic rings. The van der Waals surface area contributed by atoms with Gasteiger partial charge < -0.3 is 10.0 Å². The number of nitrogens with zero attached hydrogens (tertiary/aromatic N) is 1. The van der Waals surface area contributed by atoms with E-state index >= 15 is 0 Å². The van der Waals surface area contributed by atoms with Crippen LogP contribution in [0.1, 0.15) is 24.0 Å². The molecule has 0 bridgehead atoms. The van der Waals surface area contributed by atoms with Crippen molar-refractivity contribution in [2.45, 2.75) is 25.8 Å². The summed E-state index contributed by atoms with van der Waals surface area (Å²) in [4.78, 5) is 13.8. The topological polar surface area (TPSA) is 40.5 Å². The summed E-state index contributed by atoms with van der Waals surface area (Å²) in [6.07, 6.45) is 5.27. The van der Waals surface area contributed by atoms with E-state index in [2.05, 4.69) is 15.9 Å². The van der Waals surface area contributed by atoms with Crippen molar-refractivity contribution in [2.24, 2.45) is 0 Å². The zero-order valence-electron chi connectivity index (χ0n) is 11.0. The number of halogens is 1. The highest BCUT2D eigenvalue weighted by atomic mass is 79.9. The van der Waals surface area contributed by atoms with Crippen molar-refractivity contribution >= 4 is 27.9 Å².